The van der Waals surface area contributed by atoms with Crippen LogP contribution >= 0.6 is 0 Å². The molecule has 3 rings (SSSR count). The van der Waals surface area contributed by atoms with Gasteiger partial charge in [-0.3, -0.25) is 0 Å². The van der Waals surface area contributed by atoms with Gasteiger partial charge in [0.15, 0.2) is 11.5 Å². The molecule has 0 saturated carbocycles. The molecule has 23 heavy (non-hydrogen) atoms. The van der Waals surface area contributed by atoms with Gasteiger partial charge in [-0.2, -0.15) is 0 Å². The van der Waals surface area contributed by atoms with E-state index in [4.69, 9.17) is 19.9 Å². The normalized spacial score (nSPS) is 16.1. The molecule has 1 atom stereocenters. The summed E-state index contributed by atoms with van der Waals surface area (Å²) >= 11 is 0. The Hall–Kier alpha value is -2.40. The van der Waals surface area contributed by atoms with Crippen LogP contribution in [0.5, 0.6) is 23.0 Å². The highest BCUT2D eigenvalue weighted by atomic mass is 16.5. The Morgan fingerprint density at radius 1 is 1.04 bits per heavy atom. The molecule has 3 N–H and O–H groups in total. The van der Waals surface area contributed by atoms with Crippen molar-refractivity contribution in [1.29, 1.82) is 0 Å². The number of methoxy groups -OCH3 is 3. The van der Waals surface area contributed by atoms with Crippen LogP contribution in [-0.2, 0) is 6.42 Å². The first-order valence-corrected chi connectivity index (χ1v) is 7.51. The molecule has 0 amide bonds. The first-order chi connectivity index (χ1) is 11.1. The summed E-state index contributed by atoms with van der Waals surface area (Å²) in [4.78, 5) is 0. The summed E-state index contributed by atoms with van der Waals surface area (Å²) in [6.45, 7) is 0. The van der Waals surface area contributed by atoms with Gasteiger partial charge in [-0.15, -0.1) is 0 Å². The Morgan fingerprint density at radius 3 is 2.43 bits per heavy atom. The molecular formula is C18H21NO4. The second-order valence-corrected chi connectivity index (χ2v) is 5.60. The van der Waals surface area contributed by atoms with Gasteiger partial charge in [-0.05, 0) is 47.7 Å². The van der Waals surface area contributed by atoms with Crippen molar-refractivity contribution in [3.05, 3.63) is 35.4 Å². The van der Waals surface area contributed by atoms with Crippen LogP contribution in [0.1, 0.15) is 23.6 Å². The number of aromatic hydroxyl groups is 1. The van der Waals surface area contributed by atoms with Gasteiger partial charge in [0, 0.05) is 11.6 Å². The fourth-order valence-corrected chi connectivity index (χ4v) is 3.25. The Kier molecular flexibility index (Phi) is 4.05. The second kappa shape index (κ2) is 6.01. The Morgan fingerprint density at radius 2 is 1.78 bits per heavy atom. The molecule has 5 heteroatoms. The van der Waals surface area contributed by atoms with E-state index in [0.717, 1.165) is 35.1 Å². The van der Waals surface area contributed by atoms with Gasteiger partial charge in [-0.25, -0.2) is 0 Å². The van der Waals surface area contributed by atoms with E-state index in [0.29, 0.717) is 17.2 Å². The van der Waals surface area contributed by atoms with Crippen LogP contribution in [0.2, 0.25) is 0 Å². The monoisotopic (exact) mass is 315 g/mol. The van der Waals surface area contributed by atoms with Crippen molar-refractivity contribution >= 4 is 0 Å². The minimum Gasteiger partial charge on any atom is -0.508 e. The van der Waals surface area contributed by atoms with Crippen molar-refractivity contribution in [2.45, 2.75) is 18.9 Å². The zero-order chi connectivity index (χ0) is 16.6. The smallest absolute Gasteiger partial charge is 0.203 e. The van der Waals surface area contributed by atoms with Gasteiger partial charge in [-0.1, -0.05) is 6.07 Å². The lowest BCUT2D eigenvalue weighted by Crippen LogP contribution is -2.10. The third-order valence-corrected chi connectivity index (χ3v) is 4.34. The quantitative estimate of drug-likeness (QED) is 0.910. The van der Waals surface area contributed by atoms with Crippen molar-refractivity contribution in [1.82, 2.24) is 0 Å². The molecule has 0 aromatic heterocycles. The third kappa shape index (κ3) is 2.47. The van der Waals surface area contributed by atoms with Gasteiger partial charge in [0.05, 0.1) is 21.3 Å². The van der Waals surface area contributed by atoms with E-state index in [1.54, 1.807) is 33.5 Å². The highest BCUT2D eigenvalue weighted by Crippen LogP contribution is 2.50. The molecule has 0 saturated heterocycles. The number of ether oxygens (including phenoxy) is 3. The summed E-state index contributed by atoms with van der Waals surface area (Å²) in [5, 5.41) is 9.82. The van der Waals surface area contributed by atoms with E-state index in [2.05, 4.69) is 0 Å². The number of hydrogen-bond acceptors (Lipinski definition) is 5. The number of benzene rings is 2. The maximum Gasteiger partial charge on any atom is 0.203 e. The lowest BCUT2D eigenvalue weighted by molar-refractivity contribution is 0.324. The average molecular weight is 315 g/mol. The number of fused-ring (bicyclic) bond motifs is 3. The lowest BCUT2D eigenvalue weighted by atomic mass is 9.94. The van der Waals surface area contributed by atoms with Gasteiger partial charge in [0.25, 0.3) is 0 Å². The number of aryl methyl sites for hydroxylation is 1. The summed E-state index contributed by atoms with van der Waals surface area (Å²) in [7, 11) is 4.81. The van der Waals surface area contributed by atoms with Crippen LogP contribution in [0.15, 0.2) is 24.3 Å². The maximum atomic E-state index is 9.82. The topological polar surface area (TPSA) is 73.9 Å². The Bertz CT molecular complexity index is 742. The average Bonchev–Trinajstić information content (AvgIpc) is 2.70. The second-order valence-electron chi connectivity index (χ2n) is 5.60. The molecule has 2 aromatic carbocycles. The molecule has 122 valence electrons. The molecule has 0 spiro atoms. The van der Waals surface area contributed by atoms with Crippen molar-refractivity contribution in [3.8, 4) is 34.1 Å². The largest absolute Gasteiger partial charge is 0.508 e. The molecule has 0 radical (unpaired) electrons. The lowest BCUT2D eigenvalue weighted by Gasteiger charge is -2.20. The van der Waals surface area contributed by atoms with E-state index < -0.39 is 0 Å². The summed E-state index contributed by atoms with van der Waals surface area (Å²) < 4.78 is 16.6. The number of hydrogen-bond donors (Lipinski definition) is 2. The fourth-order valence-electron chi connectivity index (χ4n) is 3.25. The molecule has 0 unspecified atom stereocenters. The molecule has 0 fully saturated rings. The molecule has 1 aliphatic carbocycles. The summed E-state index contributed by atoms with van der Waals surface area (Å²) in [6, 6.07) is 7.10. The van der Waals surface area contributed by atoms with Crippen LogP contribution in [0.3, 0.4) is 0 Å². The predicted octanol–water partition coefficient (Wildman–Crippen LogP) is 3.03. The minimum atomic E-state index is -0.147. The molecular weight excluding hydrogens is 294 g/mol. The Labute approximate surface area is 135 Å². The molecule has 1 aliphatic rings. The zero-order valence-electron chi connectivity index (χ0n) is 13.6. The first kappa shape index (κ1) is 15.5. The number of rotatable bonds is 3. The third-order valence-electron chi connectivity index (χ3n) is 4.34. The van der Waals surface area contributed by atoms with Gasteiger partial charge < -0.3 is 25.1 Å². The van der Waals surface area contributed by atoms with Crippen molar-refractivity contribution in [2.24, 2.45) is 5.73 Å². The number of phenolic OH excluding ortho intramolecular Hbond substituents is 1. The minimum absolute atomic E-state index is 0.147. The Balaban J connectivity index is 2.36. The first-order valence-electron chi connectivity index (χ1n) is 7.51. The van der Waals surface area contributed by atoms with Crippen LogP contribution in [0.4, 0.5) is 0 Å². The van der Waals surface area contributed by atoms with E-state index in [1.807, 2.05) is 12.1 Å². The highest BCUT2D eigenvalue weighted by molar-refractivity contribution is 5.83. The molecule has 0 heterocycles. The van der Waals surface area contributed by atoms with Crippen molar-refractivity contribution < 1.29 is 19.3 Å². The SMILES string of the molecule is COc1cc2c(c(OC)c1OC)-c1ccc(O)cc1[C@@H](N)CC2. The molecule has 2 aromatic rings. The highest BCUT2D eigenvalue weighted by Gasteiger charge is 2.27. The zero-order valence-corrected chi connectivity index (χ0v) is 13.6. The molecule has 0 aliphatic heterocycles. The van der Waals surface area contributed by atoms with Gasteiger partial charge in [0.2, 0.25) is 5.75 Å². The number of phenols is 1. The molecule has 5 nitrogen and oxygen atoms in total. The van der Waals surface area contributed by atoms with E-state index in [1.165, 1.54) is 0 Å². The van der Waals surface area contributed by atoms with Crippen molar-refractivity contribution in [2.75, 3.05) is 21.3 Å². The standard InChI is InChI=1S/C18H21NO4/c1-21-15-8-10-4-7-14(19)13-9-11(20)5-6-12(13)16(10)18(23-3)17(15)22-2/h5-6,8-9,14,20H,4,7,19H2,1-3H3/t14-/m0/s1. The van der Waals surface area contributed by atoms with Crippen LogP contribution in [0, 0.1) is 0 Å². The van der Waals surface area contributed by atoms with E-state index in [9.17, 15) is 5.11 Å². The summed E-state index contributed by atoms with van der Waals surface area (Å²) in [5.41, 5.74) is 10.2. The number of nitrogens with two attached hydrogens (primary N) is 1. The van der Waals surface area contributed by atoms with Crippen molar-refractivity contribution in [3.63, 3.8) is 0 Å². The summed E-state index contributed by atoms with van der Waals surface area (Å²) in [5.74, 6) is 2.03. The van der Waals surface area contributed by atoms with Crippen LogP contribution < -0.4 is 19.9 Å². The van der Waals surface area contributed by atoms with Gasteiger partial charge in [0.1, 0.15) is 5.75 Å². The van der Waals surface area contributed by atoms with Crippen LogP contribution in [-0.4, -0.2) is 26.4 Å². The summed E-state index contributed by atoms with van der Waals surface area (Å²) in [6.07, 6.45) is 1.57. The maximum absolute atomic E-state index is 9.82. The molecule has 0 bridgehead atoms. The van der Waals surface area contributed by atoms with E-state index in [-0.39, 0.29) is 11.8 Å². The van der Waals surface area contributed by atoms with Crippen LogP contribution in [0.25, 0.3) is 11.1 Å². The predicted molar refractivity (Wildman–Crippen MR) is 88.4 cm³/mol. The van der Waals surface area contributed by atoms with Gasteiger partial charge >= 0.3 is 0 Å². The van der Waals surface area contributed by atoms with E-state index >= 15 is 0 Å². The fraction of sp³-hybridized carbons (Fsp3) is 0.333.